The van der Waals surface area contributed by atoms with Crippen LogP contribution in [-0.2, 0) is 28.6 Å². The number of ether oxygens (including phenoxy) is 3. The summed E-state index contributed by atoms with van der Waals surface area (Å²) in [6.45, 7) is 6.47. The van der Waals surface area contributed by atoms with Crippen molar-refractivity contribution < 1.29 is 28.6 Å². The summed E-state index contributed by atoms with van der Waals surface area (Å²) in [5.74, 6) is -0.988. The van der Waals surface area contributed by atoms with Gasteiger partial charge < -0.3 is 14.2 Å². The third-order valence-corrected chi connectivity index (χ3v) is 12.6. The zero-order valence-corrected chi connectivity index (χ0v) is 46.0. The molecule has 0 N–H and O–H groups in total. The molecule has 0 aliphatic heterocycles. The second kappa shape index (κ2) is 58.2. The highest BCUT2D eigenvalue weighted by Gasteiger charge is 2.19. The molecule has 0 amide bonds. The summed E-state index contributed by atoms with van der Waals surface area (Å²) >= 11 is 0. The van der Waals surface area contributed by atoms with Crippen molar-refractivity contribution in [2.75, 3.05) is 13.2 Å². The van der Waals surface area contributed by atoms with Crippen molar-refractivity contribution in [3.8, 4) is 0 Å². The van der Waals surface area contributed by atoms with Crippen LogP contribution < -0.4 is 0 Å². The normalized spacial score (nSPS) is 12.7. The van der Waals surface area contributed by atoms with E-state index >= 15 is 0 Å². The second-order valence-electron chi connectivity index (χ2n) is 19.5. The number of hydrogen-bond donors (Lipinski definition) is 0. The zero-order valence-electron chi connectivity index (χ0n) is 46.0. The fraction of sp³-hybridized carbons (Fsp3) is 0.734. The molecule has 70 heavy (non-hydrogen) atoms. The summed E-state index contributed by atoms with van der Waals surface area (Å²) < 4.78 is 16.8. The van der Waals surface area contributed by atoms with Gasteiger partial charge in [0.1, 0.15) is 13.2 Å². The Hall–Kier alpha value is -3.41. The van der Waals surface area contributed by atoms with E-state index in [2.05, 4.69) is 99.8 Å². The van der Waals surface area contributed by atoms with Crippen LogP contribution >= 0.6 is 0 Å². The molecule has 0 saturated heterocycles. The molecule has 0 rings (SSSR count). The maximum Gasteiger partial charge on any atom is 0.306 e. The van der Waals surface area contributed by atoms with Crippen LogP contribution in [0.1, 0.15) is 284 Å². The predicted molar refractivity (Wildman–Crippen MR) is 302 cm³/mol. The van der Waals surface area contributed by atoms with E-state index in [0.29, 0.717) is 19.3 Å². The van der Waals surface area contributed by atoms with E-state index < -0.39 is 6.10 Å². The Morgan fingerprint density at radius 3 is 0.957 bits per heavy atom. The molecule has 0 radical (unpaired) electrons. The lowest BCUT2D eigenvalue weighted by Crippen LogP contribution is -2.30. The van der Waals surface area contributed by atoms with Crippen LogP contribution in [0.25, 0.3) is 0 Å². The Balaban J connectivity index is 4.47. The van der Waals surface area contributed by atoms with Crippen molar-refractivity contribution in [1.29, 1.82) is 0 Å². The first-order valence-corrected chi connectivity index (χ1v) is 29.6. The Morgan fingerprint density at radius 2 is 0.586 bits per heavy atom. The van der Waals surface area contributed by atoms with Crippen LogP contribution in [0.2, 0.25) is 0 Å². The van der Waals surface area contributed by atoms with Gasteiger partial charge in [-0.05, 0) is 83.5 Å². The molecule has 6 heteroatoms. The fourth-order valence-electron chi connectivity index (χ4n) is 8.23. The van der Waals surface area contributed by atoms with Crippen molar-refractivity contribution in [2.45, 2.75) is 290 Å². The van der Waals surface area contributed by atoms with Gasteiger partial charge >= 0.3 is 17.9 Å². The summed E-state index contributed by atoms with van der Waals surface area (Å²) in [5.41, 5.74) is 0. The minimum Gasteiger partial charge on any atom is -0.462 e. The van der Waals surface area contributed by atoms with Crippen LogP contribution in [0, 0.1) is 0 Å². The van der Waals surface area contributed by atoms with Crippen molar-refractivity contribution in [1.82, 2.24) is 0 Å². The summed E-state index contributed by atoms with van der Waals surface area (Å²) in [6.07, 6.45) is 75.9. The molecule has 0 aromatic rings. The monoisotopic (exact) mass is 975 g/mol. The van der Waals surface area contributed by atoms with Gasteiger partial charge in [0.05, 0.1) is 0 Å². The van der Waals surface area contributed by atoms with Gasteiger partial charge in [-0.1, -0.05) is 266 Å². The van der Waals surface area contributed by atoms with E-state index in [0.717, 1.165) is 83.5 Å². The molecule has 1 atom stereocenters. The lowest BCUT2D eigenvalue weighted by Gasteiger charge is -2.18. The lowest BCUT2D eigenvalue weighted by molar-refractivity contribution is -0.166. The van der Waals surface area contributed by atoms with E-state index in [9.17, 15) is 14.4 Å². The number of allylic oxidation sites excluding steroid dienone is 14. The summed E-state index contributed by atoms with van der Waals surface area (Å²) in [4.78, 5) is 38.2. The Labute approximate surface area is 433 Å². The number of hydrogen-bond acceptors (Lipinski definition) is 6. The van der Waals surface area contributed by atoms with Crippen molar-refractivity contribution in [2.24, 2.45) is 0 Å². The molecule has 0 bridgehead atoms. The first-order valence-electron chi connectivity index (χ1n) is 29.6. The molecule has 0 saturated carbocycles. The van der Waals surface area contributed by atoms with Gasteiger partial charge in [-0.15, -0.1) is 0 Å². The number of esters is 3. The van der Waals surface area contributed by atoms with Gasteiger partial charge in [0, 0.05) is 19.3 Å². The molecular weight excluding hydrogens is 865 g/mol. The maximum atomic E-state index is 12.9. The first-order chi connectivity index (χ1) is 34.5. The second-order valence-corrected chi connectivity index (χ2v) is 19.5. The Morgan fingerprint density at radius 1 is 0.300 bits per heavy atom. The zero-order chi connectivity index (χ0) is 50.7. The van der Waals surface area contributed by atoms with Gasteiger partial charge in [0.25, 0.3) is 0 Å². The Kier molecular flexibility index (Phi) is 55.3. The molecule has 6 nitrogen and oxygen atoms in total. The van der Waals surface area contributed by atoms with Gasteiger partial charge in [0.15, 0.2) is 6.10 Å². The first kappa shape index (κ1) is 66.6. The topological polar surface area (TPSA) is 78.9 Å². The van der Waals surface area contributed by atoms with Crippen LogP contribution in [0.4, 0.5) is 0 Å². The molecular formula is C64H110O6. The molecule has 0 fully saturated rings. The minimum absolute atomic E-state index is 0.102. The number of carbonyl (C=O) groups excluding carboxylic acids is 3. The van der Waals surface area contributed by atoms with Gasteiger partial charge in [0.2, 0.25) is 0 Å². The largest absolute Gasteiger partial charge is 0.462 e. The van der Waals surface area contributed by atoms with Gasteiger partial charge in [-0.3, -0.25) is 14.4 Å². The van der Waals surface area contributed by atoms with E-state index in [4.69, 9.17) is 14.2 Å². The van der Waals surface area contributed by atoms with E-state index in [-0.39, 0.29) is 37.5 Å². The summed E-state index contributed by atoms with van der Waals surface area (Å²) in [5, 5.41) is 0. The highest BCUT2D eigenvalue weighted by molar-refractivity contribution is 5.71. The molecule has 0 aliphatic rings. The molecule has 0 aromatic heterocycles. The highest BCUT2D eigenvalue weighted by atomic mass is 16.6. The minimum atomic E-state index is -0.809. The van der Waals surface area contributed by atoms with Crippen LogP contribution in [0.15, 0.2) is 85.1 Å². The summed E-state index contributed by atoms with van der Waals surface area (Å²) in [6, 6.07) is 0. The van der Waals surface area contributed by atoms with Gasteiger partial charge in [-0.2, -0.15) is 0 Å². The van der Waals surface area contributed by atoms with E-state index in [1.54, 1.807) is 0 Å². The van der Waals surface area contributed by atoms with Crippen LogP contribution in [0.5, 0.6) is 0 Å². The molecule has 0 aromatic carbocycles. The van der Waals surface area contributed by atoms with Crippen molar-refractivity contribution in [3.63, 3.8) is 0 Å². The van der Waals surface area contributed by atoms with Crippen molar-refractivity contribution >= 4 is 17.9 Å². The fourth-order valence-corrected chi connectivity index (χ4v) is 8.23. The third kappa shape index (κ3) is 55.5. The smallest absolute Gasteiger partial charge is 0.306 e. The van der Waals surface area contributed by atoms with Gasteiger partial charge in [-0.25, -0.2) is 0 Å². The number of unbranched alkanes of at least 4 members (excludes halogenated alkanes) is 28. The standard InChI is InChI=1S/C64H110O6/c1-4-7-10-13-16-19-22-25-28-30-32-34-36-39-42-45-48-51-54-57-63(66)69-60-61(59-68-62(65)56-53-50-47-44-41-38-27-24-21-18-15-12-9-6-3)70-64(67)58-55-52-49-46-43-40-37-35-33-31-29-26-23-20-17-14-11-8-5-2/h7,10,16,19,24-25,27-28,32,34,39,42,48,51,61H,4-6,8-9,11-15,17-18,20-23,26,29-31,33,35-38,40-41,43-47,49-50,52-60H2,1-3H3/b10-7+,19-16+,27-24+,28-25+,34-32+,42-39+,51-48+/t61-/m1/s1. The number of rotatable bonds is 53. The van der Waals surface area contributed by atoms with Crippen LogP contribution in [-0.4, -0.2) is 37.2 Å². The highest BCUT2D eigenvalue weighted by Crippen LogP contribution is 2.16. The molecule has 0 aliphatic carbocycles. The molecule has 0 spiro atoms. The number of carbonyl (C=O) groups is 3. The quantitative estimate of drug-likeness (QED) is 0.0261. The van der Waals surface area contributed by atoms with E-state index in [1.807, 2.05) is 6.08 Å². The average molecular weight is 976 g/mol. The van der Waals surface area contributed by atoms with Crippen LogP contribution in [0.3, 0.4) is 0 Å². The lowest BCUT2D eigenvalue weighted by atomic mass is 10.0. The maximum absolute atomic E-state index is 12.9. The Bertz CT molecular complexity index is 1350. The van der Waals surface area contributed by atoms with Crippen molar-refractivity contribution in [3.05, 3.63) is 85.1 Å². The third-order valence-electron chi connectivity index (χ3n) is 12.6. The summed E-state index contributed by atoms with van der Waals surface area (Å²) in [7, 11) is 0. The SMILES string of the molecule is CC/C=C/C/C=C/C/C=C/C/C=C/C/C=C/C/C=C/CCC(=O)OC[C@@H](COC(=O)CCCCCCC/C=C/CCCCCCC)OC(=O)CCCCCCCCCCCCCCCCCCCCC. The molecule has 402 valence electrons. The van der Waals surface area contributed by atoms with E-state index in [1.165, 1.54) is 154 Å². The molecule has 0 heterocycles. The average Bonchev–Trinajstić information content (AvgIpc) is 3.36. The molecule has 0 unspecified atom stereocenters. The predicted octanol–water partition coefficient (Wildman–Crippen LogP) is 19.9.